The van der Waals surface area contributed by atoms with Gasteiger partial charge in [-0.2, -0.15) is 0 Å². The molecule has 3 aromatic carbocycles. The van der Waals surface area contributed by atoms with Gasteiger partial charge < -0.3 is 15.3 Å². The van der Waals surface area contributed by atoms with E-state index in [1.807, 2.05) is 43.3 Å². The number of aryl methyl sites for hydroxylation is 1. The maximum absolute atomic E-state index is 10.00. The van der Waals surface area contributed by atoms with E-state index in [2.05, 4.69) is 20.8 Å². The first-order valence-electron chi connectivity index (χ1n) is 9.51. The van der Waals surface area contributed by atoms with Crippen LogP contribution in [0.25, 0.3) is 0 Å². The predicted molar refractivity (Wildman–Crippen MR) is 113 cm³/mol. The molecule has 3 heteroatoms. The topological polar surface area (TPSA) is 60.7 Å². The normalized spacial score (nSPS) is 13.9. The number of phenolic OH excluding ortho intramolecular Hbond substituents is 3. The number of phenols is 3. The van der Waals surface area contributed by atoms with E-state index < -0.39 is 0 Å². The summed E-state index contributed by atoms with van der Waals surface area (Å²) < 4.78 is 0. The van der Waals surface area contributed by atoms with E-state index in [0.29, 0.717) is 0 Å². The summed E-state index contributed by atoms with van der Waals surface area (Å²) in [5.74, 6) is 0.787. The minimum absolute atomic E-state index is 0.174. The Morgan fingerprint density at radius 3 is 1.61 bits per heavy atom. The van der Waals surface area contributed by atoms with Crippen molar-refractivity contribution in [3.05, 3.63) is 89.0 Å². The molecule has 0 bridgehead atoms. The predicted octanol–water partition coefficient (Wildman–Crippen LogP) is 5.79. The fourth-order valence-electron chi connectivity index (χ4n) is 4.10. The zero-order valence-corrected chi connectivity index (χ0v) is 16.9. The Morgan fingerprint density at radius 1 is 0.643 bits per heavy atom. The molecular weight excluding hydrogens is 348 g/mol. The molecule has 0 aliphatic carbocycles. The number of hydrogen-bond acceptors (Lipinski definition) is 3. The van der Waals surface area contributed by atoms with Crippen LogP contribution < -0.4 is 0 Å². The SMILES string of the molecule is Cc1cc(C(C)(CC(C)(C)c2ccc(O)cc2)c2ccc(O)cc2)ccc1O. The minimum Gasteiger partial charge on any atom is -0.508 e. The van der Waals surface area contributed by atoms with Crippen LogP contribution in [0.1, 0.15) is 49.4 Å². The van der Waals surface area contributed by atoms with E-state index in [4.69, 9.17) is 0 Å². The molecular formula is C25H28O3. The lowest BCUT2D eigenvalue weighted by molar-refractivity contribution is 0.368. The van der Waals surface area contributed by atoms with Crippen molar-refractivity contribution in [1.29, 1.82) is 0 Å². The lowest BCUT2D eigenvalue weighted by Crippen LogP contribution is -2.33. The summed E-state index contributed by atoms with van der Waals surface area (Å²) >= 11 is 0. The third kappa shape index (κ3) is 3.84. The van der Waals surface area contributed by atoms with E-state index in [1.165, 1.54) is 0 Å². The van der Waals surface area contributed by atoms with E-state index in [1.54, 1.807) is 30.3 Å². The molecule has 28 heavy (non-hydrogen) atoms. The van der Waals surface area contributed by atoms with Gasteiger partial charge in [0.2, 0.25) is 0 Å². The Hall–Kier alpha value is -2.94. The first kappa shape index (κ1) is 19.8. The molecule has 0 saturated heterocycles. The monoisotopic (exact) mass is 376 g/mol. The summed E-state index contributed by atoms with van der Waals surface area (Å²) in [6, 6.07) is 20.5. The molecule has 0 aliphatic heterocycles. The summed E-state index contributed by atoms with van der Waals surface area (Å²) in [6.45, 7) is 8.51. The highest BCUT2D eigenvalue weighted by molar-refractivity contribution is 5.46. The Kier molecular flexibility index (Phi) is 5.12. The molecule has 3 nitrogen and oxygen atoms in total. The molecule has 0 saturated carbocycles. The second-order valence-corrected chi connectivity index (χ2v) is 8.49. The molecule has 0 spiro atoms. The molecule has 0 fully saturated rings. The molecule has 3 rings (SSSR count). The van der Waals surface area contributed by atoms with Gasteiger partial charge in [-0.25, -0.2) is 0 Å². The Balaban J connectivity index is 2.11. The summed E-state index contributed by atoms with van der Waals surface area (Å²) in [7, 11) is 0. The van der Waals surface area contributed by atoms with Crippen LogP contribution in [0.3, 0.4) is 0 Å². The summed E-state index contributed by atoms with van der Waals surface area (Å²) in [5, 5.41) is 29.4. The number of hydrogen-bond donors (Lipinski definition) is 3. The average Bonchev–Trinajstić information content (AvgIpc) is 2.64. The van der Waals surface area contributed by atoms with Gasteiger partial charge in [0.15, 0.2) is 0 Å². The van der Waals surface area contributed by atoms with Gasteiger partial charge in [0.05, 0.1) is 0 Å². The van der Waals surface area contributed by atoms with Gasteiger partial charge in [0.25, 0.3) is 0 Å². The van der Waals surface area contributed by atoms with Crippen molar-refractivity contribution in [2.75, 3.05) is 0 Å². The molecule has 3 N–H and O–H groups in total. The van der Waals surface area contributed by atoms with Crippen LogP contribution in [0.4, 0.5) is 0 Å². The van der Waals surface area contributed by atoms with Gasteiger partial charge in [-0.3, -0.25) is 0 Å². The van der Waals surface area contributed by atoms with Gasteiger partial charge >= 0.3 is 0 Å². The summed E-state index contributed by atoms with van der Waals surface area (Å²) in [6.07, 6.45) is 0.805. The fourth-order valence-corrected chi connectivity index (χ4v) is 4.10. The van der Waals surface area contributed by atoms with Crippen molar-refractivity contribution in [2.24, 2.45) is 0 Å². The van der Waals surface area contributed by atoms with Crippen molar-refractivity contribution in [3.8, 4) is 17.2 Å². The van der Waals surface area contributed by atoms with Crippen molar-refractivity contribution in [1.82, 2.24) is 0 Å². The molecule has 0 aromatic heterocycles. The first-order valence-corrected chi connectivity index (χ1v) is 9.51. The molecule has 3 aromatic rings. The number of benzene rings is 3. The molecule has 1 atom stereocenters. The zero-order chi connectivity index (χ0) is 20.5. The van der Waals surface area contributed by atoms with E-state index in [0.717, 1.165) is 28.7 Å². The molecule has 0 amide bonds. The van der Waals surface area contributed by atoms with Crippen LogP contribution in [0, 0.1) is 6.92 Å². The van der Waals surface area contributed by atoms with Gasteiger partial charge in [0.1, 0.15) is 17.2 Å². The third-order valence-corrected chi connectivity index (χ3v) is 5.78. The first-order chi connectivity index (χ1) is 13.1. The fraction of sp³-hybridized carbons (Fsp3) is 0.280. The summed E-state index contributed by atoms with van der Waals surface area (Å²) in [5.41, 5.74) is 3.68. The van der Waals surface area contributed by atoms with E-state index in [-0.39, 0.29) is 28.1 Å². The molecule has 1 unspecified atom stereocenters. The van der Waals surface area contributed by atoms with Crippen LogP contribution in [-0.4, -0.2) is 15.3 Å². The largest absolute Gasteiger partial charge is 0.508 e. The van der Waals surface area contributed by atoms with Crippen LogP contribution in [0.15, 0.2) is 66.7 Å². The number of aromatic hydroxyl groups is 3. The lowest BCUT2D eigenvalue weighted by Gasteiger charge is -2.39. The molecule has 0 aliphatic rings. The smallest absolute Gasteiger partial charge is 0.118 e. The van der Waals surface area contributed by atoms with Crippen molar-refractivity contribution in [3.63, 3.8) is 0 Å². The second kappa shape index (κ2) is 7.23. The Morgan fingerprint density at radius 2 is 1.11 bits per heavy atom. The second-order valence-electron chi connectivity index (χ2n) is 8.49. The molecule has 0 heterocycles. The van der Waals surface area contributed by atoms with Crippen LogP contribution in [0.5, 0.6) is 17.2 Å². The maximum Gasteiger partial charge on any atom is 0.118 e. The maximum atomic E-state index is 10.00. The van der Waals surface area contributed by atoms with Gasteiger partial charge in [-0.05, 0) is 71.3 Å². The Bertz CT molecular complexity index is 956. The van der Waals surface area contributed by atoms with Crippen LogP contribution >= 0.6 is 0 Å². The van der Waals surface area contributed by atoms with Crippen molar-refractivity contribution >= 4 is 0 Å². The van der Waals surface area contributed by atoms with Gasteiger partial charge in [-0.15, -0.1) is 0 Å². The third-order valence-electron chi connectivity index (χ3n) is 5.78. The molecule has 0 radical (unpaired) electrons. The van der Waals surface area contributed by atoms with Crippen LogP contribution in [0.2, 0.25) is 0 Å². The van der Waals surface area contributed by atoms with E-state index in [9.17, 15) is 15.3 Å². The highest BCUT2D eigenvalue weighted by atomic mass is 16.3. The van der Waals surface area contributed by atoms with Crippen molar-refractivity contribution in [2.45, 2.75) is 44.9 Å². The standard InChI is InChI=1S/C25H28O3/c1-17-15-20(9-14-23(17)28)25(4,19-7-12-22(27)13-8-19)16-24(2,3)18-5-10-21(26)11-6-18/h5-15,26-28H,16H2,1-4H3. The molecule has 146 valence electrons. The quantitative estimate of drug-likeness (QED) is 0.528. The number of rotatable bonds is 5. The van der Waals surface area contributed by atoms with E-state index >= 15 is 0 Å². The summed E-state index contributed by atoms with van der Waals surface area (Å²) in [4.78, 5) is 0. The Labute approximate surface area is 166 Å². The minimum atomic E-state index is -0.340. The van der Waals surface area contributed by atoms with Crippen LogP contribution in [-0.2, 0) is 10.8 Å². The highest BCUT2D eigenvalue weighted by Crippen LogP contribution is 2.44. The van der Waals surface area contributed by atoms with Gasteiger partial charge in [-0.1, -0.05) is 57.2 Å². The van der Waals surface area contributed by atoms with Crippen molar-refractivity contribution < 1.29 is 15.3 Å². The highest BCUT2D eigenvalue weighted by Gasteiger charge is 2.36. The lowest BCUT2D eigenvalue weighted by atomic mass is 9.64. The zero-order valence-electron chi connectivity index (χ0n) is 16.9. The van der Waals surface area contributed by atoms with Gasteiger partial charge in [0, 0.05) is 5.41 Å². The average molecular weight is 376 g/mol.